The van der Waals surface area contributed by atoms with Gasteiger partial charge >= 0.3 is 0 Å². The fourth-order valence-electron chi connectivity index (χ4n) is 8.42. The van der Waals surface area contributed by atoms with E-state index >= 15 is 0 Å². The van der Waals surface area contributed by atoms with Crippen LogP contribution in [-0.2, 0) is 46.4 Å². The van der Waals surface area contributed by atoms with Crippen LogP contribution in [0.4, 0.5) is 0 Å². The summed E-state index contributed by atoms with van der Waals surface area (Å²) < 4.78 is 0. The average molecular weight is 827 g/mol. The number of para-hydroxylation sites is 1. The molecule has 3 fully saturated rings. The number of nitrogens with one attached hydrogen (secondary N) is 6. The van der Waals surface area contributed by atoms with Crippen molar-refractivity contribution >= 4 is 52.3 Å². The quantitative estimate of drug-likeness (QED) is 0.174. The Morgan fingerprint density at radius 3 is 1.83 bits per heavy atom. The van der Waals surface area contributed by atoms with E-state index in [1.165, 1.54) is 9.80 Å². The van der Waals surface area contributed by atoms with Crippen LogP contribution in [0.25, 0.3) is 10.9 Å². The fraction of sp³-hybridized carbons (Fsp3) is 0.523. The minimum absolute atomic E-state index is 0.0213. The van der Waals surface area contributed by atoms with Crippen molar-refractivity contribution in [2.75, 3.05) is 19.7 Å². The first-order valence-electron chi connectivity index (χ1n) is 21.1. The highest BCUT2D eigenvalue weighted by Crippen LogP contribution is 2.25. The number of aliphatic hydroxyl groups is 1. The number of fused-ring (bicyclic) bond motifs is 3. The first kappa shape index (κ1) is 43.8. The van der Waals surface area contributed by atoms with Gasteiger partial charge in [0.15, 0.2) is 0 Å². The van der Waals surface area contributed by atoms with E-state index < -0.39 is 102 Å². The molecule has 3 saturated heterocycles. The molecule has 7 amide bonds. The third-order valence-electron chi connectivity index (χ3n) is 12.1. The van der Waals surface area contributed by atoms with Crippen LogP contribution in [-0.4, -0.2) is 123 Å². The largest absolute Gasteiger partial charge is 0.394 e. The molecule has 16 nitrogen and oxygen atoms in total. The van der Waals surface area contributed by atoms with Crippen LogP contribution in [0, 0.1) is 11.8 Å². The number of aliphatic hydroxyl groups excluding tert-OH is 1. The van der Waals surface area contributed by atoms with E-state index in [4.69, 9.17) is 0 Å². The zero-order chi connectivity index (χ0) is 43.1. The van der Waals surface area contributed by atoms with Gasteiger partial charge in [-0.05, 0) is 60.6 Å². The molecule has 7 N–H and O–H groups in total. The fourth-order valence-corrected chi connectivity index (χ4v) is 8.42. The van der Waals surface area contributed by atoms with Gasteiger partial charge in [0, 0.05) is 37.1 Å². The van der Waals surface area contributed by atoms with Crippen molar-refractivity contribution in [3.8, 4) is 0 Å². The number of H-pyrrole nitrogens is 1. The minimum atomic E-state index is -1.50. The van der Waals surface area contributed by atoms with Crippen LogP contribution in [0.5, 0.6) is 0 Å². The zero-order valence-electron chi connectivity index (χ0n) is 34.7. The van der Waals surface area contributed by atoms with Gasteiger partial charge in [-0.3, -0.25) is 33.6 Å². The van der Waals surface area contributed by atoms with Gasteiger partial charge in [0.25, 0.3) is 0 Å². The van der Waals surface area contributed by atoms with E-state index in [0.717, 1.165) is 10.9 Å². The zero-order valence-corrected chi connectivity index (χ0v) is 34.7. The Morgan fingerprint density at radius 1 is 0.633 bits per heavy atom. The number of hydrogen-bond acceptors (Lipinski definition) is 8. The molecule has 6 rings (SSSR count). The molecular weight excluding hydrogens is 769 g/mol. The van der Waals surface area contributed by atoms with Gasteiger partial charge in [0.2, 0.25) is 41.4 Å². The van der Waals surface area contributed by atoms with Crippen molar-refractivity contribution in [3.05, 3.63) is 71.9 Å². The maximum Gasteiger partial charge on any atom is 0.246 e. The molecule has 4 heterocycles. The third kappa shape index (κ3) is 9.97. The van der Waals surface area contributed by atoms with Crippen LogP contribution < -0.4 is 26.6 Å². The summed E-state index contributed by atoms with van der Waals surface area (Å²) in [5.41, 5.74) is 2.24. The molecule has 0 spiro atoms. The molecular formula is C44H58N8O8. The molecule has 16 heteroatoms. The second-order valence-electron chi connectivity index (χ2n) is 16.6. The number of aromatic amines is 1. The van der Waals surface area contributed by atoms with Crippen LogP contribution in [0.3, 0.4) is 0 Å². The maximum atomic E-state index is 14.6. The van der Waals surface area contributed by atoms with Gasteiger partial charge in [-0.2, -0.15) is 0 Å². The first-order valence-corrected chi connectivity index (χ1v) is 21.1. The van der Waals surface area contributed by atoms with E-state index in [-0.39, 0.29) is 25.9 Å². The second kappa shape index (κ2) is 19.5. The average Bonchev–Trinajstić information content (AvgIpc) is 4.03. The summed E-state index contributed by atoms with van der Waals surface area (Å²) in [6, 6.07) is 10.5. The van der Waals surface area contributed by atoms with Crippen molar-refractivity contribution in [3.63, 3.8) is 0 Å². The van der Waals surface area contributed by atoms with Crippen molar-refractivity contribution in [1.29, 1.82) is 0 Å². The van der Waals surface area contributed by atoms with Gasteiger partial charge in [0.1, 0.15) is 42.3 Å². The Balaban J connectivity index is 1.38. The highest BCUT2D eigenvalue weighted by molar-refractivity contribution is 5.99. The smallest absolute Gasteiger partial charge is 0.246 e. The number of aromatic nitrogens is 1. The summed E-state index contributed by atoms with van der Waals surface area (Å²) in [7, 11) is 0. The Bertz CT molecular complexity index is 2020. The summed E-state index contributed by atoms with van der Waals surface area (Å²) >= 11 is 0. The van der Waals surface area contributed by atoms with Crippen LogP contribution in [0.1, 0.15) is 71.1 Å². The molecule has 1 unspecified atom stereocenters. The van der Waals surface area contributed by atoms with Crippen LogP contribution >= 0.6 is 0 Å². The number of rotatable bonds is 8. The molecule has 3 aliphatic heterocycles. The van der Waals surface area contributed by atoms with Gasteiger partial charge in [0.05, 0.1) is 6.61 Å². The SMILES string of the molecule is CCC(C)[C@@H]1NC(=O)[C@@H]2CCCN2C(=O)[C@H](Cc2cc3ccccc3[nH]2)NC(=O)[C@@H]2CCCN2C(=O)[C@H](C(C)C)NC(=O)[C@H](Cc2ccccc2)NC(=O)[C@H](CO)NC1=O. The molecule has 0 aliphatic carbocycles. The first-order chi connectivity index (χ1) is 28.8. The predicted molar refractivity (Wildman–Crippen MR) is 223 cm³/mol. The highest BCUT2D eigenvalue weighted by Gasteiger charge is 2.44. The molecule has 60 heavy (non-hydrogen) atoms. The predicted octanol–water partition coefficient (Wildman–Crippen LogP) is 1.07. The lowest BCUT2D eigenvalue weighted by atomic mass is 9.97. The normalized spacial score (nSPS) is 27.0. The molecule has 0 radical (unpaired) electrons. The summed E-state index contributed by atoms with van der Waals surface area (Å²) in [5.74, 6) is -5.19. The minimum Gasteiger partial charge on any atom is -0.394 e. The number of amides is 7. The number of carbonyl (C=O) groups excluding carboxylic acids is 7. The summed E-state index contributed by atoms with van der Waals surface area (Å²) in [6.07, 6.45) is 2.20. The molecule has 3 aliphatic rings. The standard InChI is InChI=1S/C44H58N8O8/c1-5-26(4)37-42(58)48-33(24-53)39(55)46-31(21-27-13-7-6-8-14-27)38(54)49-36(25(2)3)44(60)52-20-12-17-34(52)40(56)47-32(23-29-22-28-15-9-10-16-30(28)45-29)43(59)51-19-11-18-35(51)41(57)50-37/h6-10,13-16,22,25-26,31-37,45,53H,5,11-12,17-21,23-24H2,1-4H3,(H,46,55)(H,47,56)(H,48,58)(H,49,54)(H,50,57)/t26?,31-,32-,33-,34-,35-,36-,37-/m0/s1. The molecule has 3 aromatic rings. The Kier molecular flexibility index (Phi) is 14.3. The maximum absolute atomic E-state index is 14.6. The lowest BCUT2D eigenvalue weighted by Gasteiger charge is -2.33. The molecule has 2 aromatic carbocycles. The van der Waals surface area contributed by atoms with Crippen LogP contribution in [0.2, 0.25) is 0 Å². The van der Waals surface area contributed by atoms with Crippen molar-refractivity contribution in [2.24, 2.45) is 11.8 Å². The number of benzene rings is 2. The highest BCUT2D eigenvalue weighted by atomic mass is 16.3. The molecule has 0 bridgehead atoms. The van der Waals surface area contributed by atoms with Crippen molar-refractivity contribution < 1.29 is 38.7 Å². The monoisotopic (exact) mass is 826 g/mol. The lowest BCUT2D eigenvalue weighted by Crippen LogP contribution is -2.61. The van der Waals surface area contributed by atoms with Crippen molar-refractivity contribution in [1.82, 2.24) is 41.4 Å². The van der Waals surface area contributed by atoms with E-state index in [0.29, 0.717) is 43.4 Å². The number of carbonyl (C=O) groups is 7. The Morgan fingerprint density at radius 2 is 1.20 bits per heavy atom. The van der Waals surface area contributed by atoms with Crippen molar-refractivity contribution in [2.45, 2.75) is 115 Å². The lowest BCUT2D eigenvalue weighted by molar-refractivity contribution is -0.145. The van der Waals surface area contributed by atoms with Gasteiger partial charge < -0.3 is 46.5 Å². The molecule has 0 saturated carbocycles. The molecule has 1 aromatic heterocycles. The van der Waals surface area contributed by atoms with Gasteiger partial charge in [-0.1, -0.05) is 82.6 Å². The Hall–Kier alpha value is -5.77. The van der Waals surface area contributed by atoms with E-state index in [9.17, 15) is 38.7 Å². The topological polar surface area (TPSA) is 222 Å². The van der Waals surface area contributed by atoms with E-state index in [1.54, 1.807) is 45.0 Å². The van der Waals surface area contributed by atoms with E-state index in [2.05, 4.69) is 31.6 Å². The summed E-state index contributed by atoms with van der Waals surface area (Å²) in [4.78, 5) is 106. The summed E-state index contributed by atoms with van der Waals surface area (Å²) in [5, 5.41) is 25.2. The summed E-state index contributed by atoms with van der Waals surface area (Å²) in [6.45, 7) is 6.80. The molecule has 322 valence electrons. The third-order valence-corrected chi connectivity index (χ3v) is 12.1. The van der Waals surface area contributed by atoms with Gasteiger partial charge in [-0.25, -0.2) is 0 Å². The Labute approximate surface area is 350 Å². The van der Waals surface area contributed by atoms with E-state index in [1.807, 2.05) is 43.3 Å². The van der Waals surface area contributed by atoms with Crippen LogP contribution in [0.15, 0.2) is 60.7 Å². The molecule has 8 atom stereocenters. The second-order valence-corrected chi connectivity index (χ2v) is 16.6. The number of hydrogen-bond donors (Lipinski definition) is 7. The van der Waals surface area contributed by atoms with Gasteiger partial charge in [-0.15, -0.1) is 0 Å². The number of nitrogens with zero attached hydrogens (tertiary/aromatic N) is 2.